The lowest BCUT2D eigenvalue weighted by molar-refractivity contribution is 1.26. The molecule has 0 amide bonds. The van der Waals surface area contributed by atoms with Gasteiger partial charge in [0, 0.05) is 23.0 Å². The van der Waals surface area contributed by atoms with Gasteiger partial charge in [-0.2, -0.15) is 12.6 Å². The number of nitrogens with zero attached hydrogens (tertiary/aromatic N) is 1. The van der Waals surface area contributed by atoms with Crippen molar-refractivity contribution in [1.29, 1.82) is 0 Å². The standard InChI is InChI=1S/C7H9NS2/c9-5-6-10-7-1-3-8-4-2-7/h1-4,9H,5-6H2. The van der Waals surface area contributed by atoms with E-state index >= 15 is 0 Å². The van der Waals surface area contributed by atoms with Crippen LogP contribution in [0.25, 0.3) is 0 Å². The molecule has 0 aliphatic rings. The van der Waals surface area contributed by atoms with E-state index in [0.717, 1.165) is 11.5 Å². The molecule has 0 unspecified atom stereocenters. The van der Waals surface area contributed by atoms with Gasteiger partial charge >= 0.3 is 0 Å². The molecule has 0 saturated heterocycles. The number of thioether (sulfide) groups is 1. The Labute approximate surface area is 70.7 Å². The number of thiol groups is 1. The van der Waals surface area contributed by atoms with Crippen molar-refractivity contribution in [2.75, 3.05) is 11.5 Å². The normalized spacial score (nSPS) is 9.70. The fourth-order valence-electron chi connectivity index (χ4n) is 0.598. The molecule has 0 radical (unpaired) electrons. The number of hydrogen-bond acceptors (Lipinski definition) is 3. The largest absolute Gasteiger partial charge is 0.265 e. The van der Waals surface area contributed by atoms with Gasteiger partial charge in [-0.3, -0.25) is 4.98 Å². The highest BCUT2D eigenvalue weighted by Gasteiger charge is 1.88. The molecule has 0 spiro atoms. The average molecular weight is 171 g/mol. The molecule has 0 saturated carbocycles. The summed E-state index contributed by atoms with van der Waals surface area (Å²) in [6.07, 6.45) is 3.61. The summed E-state index contributed by atoms with van der Waals surface area (Å²) >= 11 is 5.92. The first-order chi connectivity index (χ1) is 4.93. The van der Waals surface area contributed by atoms with Crippen molar-refractivity contribution < 1.29 is 0 Å². The molecule has 0 fully saturated rings. The molecule has 1 nitrogen and oxygen atoms in total. The summed E-state index contributed by atoms with van der Waals surface area (Å²) in [4.78, 5) is 5.19. The molecule has 0 bridgehead atoms. The minimum atomic E-state index is 0.924. The molecule has 0 N–H and O–H groups in total. The van der Waals surface area contributed by atoms with Gasteiger partial charge < -0.3 is 0 Å². The Morgan fingerprint density at radius 3 is 2.70 bits per heavy atom. The SMILES string of the molecule is SCCSc1ccncc1. The molecule has 1 rings (SSSR count). The van der Waals surface area contributed by atoms with E-state index in [9.17, 15) is 0 Å². The third kappa shape index (κ3) is 2.62. The van der Waals surface area contributed by atoms with Gasteiger partial charge in [0.15, 0.2) is 0 Å². The average Bonchev–Trinajstić information content (AvgIpc) is 2.03. The van der Waals surface area contributed by atoms with Gasteiger partial charge in [-0.1, -0.05) is 0 Å². The second-order valence-electron chi connectivity index (χ2n) is 1.75. The van der Waals surface area contributed by atoms with Crippen LogP contribution in [0.4, 0.5) is 0 Å². The van der Waals surface area contributed by atoms with Crippen LogP contribution < -0.4 is 0 Å². The number of pyridine rings is 1. The molecule has 10 heavy (non-hydrogen) atoms. The maximum atomic E-state index is 4.11. The molecular formula is C7H9NS2. The van der Waals surface area contributed by atoms with Gasteiger partial charge in [0.05, 0.1) is 0 Å². The van der Waals surface area contributed by atoms with Crippen molar-refractivity contribution >= 4 is 24.4 Å². The Bertz CT molecular complexity index is 176. The lowest BCUT2D eigenvalue weighted by Gasteiger charge is -1.95. The van der Waals surface area contributed by atoms with Crippen LogP contribution in [0, 0.1) is 0 Å². The second kappa shape index (κ2) is 4.63. The first-order valence-electron chi connectivity index (χ1n) is 3.07. The summed E-state index contributed by atoms with van der Waals surface area (Å²) in [5, 5.41) is 0. The molecule has 3 heteroatoms. The first-order valence-corrected chi connectivity index (χ1v) is 4.69. The van der Waals surface area contributed by atoms with E-state index in [1.807, 2.05) is 12.1 Å². The predicted octanol–water partition coefficient (Wildman–Crippen LogP) is 2.10. The first kappa shape index (κ1) is 7.95. The zero-order chi connectivity index (χ0) is 7.23. The number of aromatic nitrogens is 1. The summed E-state index contributed by atoms with van der Waals surface area (Å²) in [6.45, 7) is 0. The van der Waals surface area contributed by atoms with E-state index in [2.05, 4.69) is 17.6 Å². The Morgan fingerprint density at radius 1 is 1.40 bits per heavy atom. The van der Waals surface area contributed by atoms with Crippen LogP contribution in [0.3, 0.4) is 0 Å². The quantitative estimate of drug-likeness (QED) is 0.552. The van der Waals surface area contributed by atoms with Gasteiger partial charge in [0.1, 0.15) is 0 Å². The van der Waals surface area contributed by atoms with E-state index in [0.29, 0.717) is 0 Å². The van der Waals surface area contributed by atoms with Gasteiger partial charge in [-0.05, 0) is 17.9 Å². The predicted molar refractivity (Wildman–Crippen MR) is 48.8 cm³/mol. The van der Waals surface area contributed by atoms with E-state index in [-0.39, 0.29) is 0 Å². The maximum Gasteiger partial charge on any atom is 0.0278 e. The number of rotatable bonds is 3. The summed E-state index contributed by atoms with van der Waals surface area (Å²) in [5.41, 5.74) is 0. The van der Waals surface area contributed by atoms with E-state index in [4.69, 9.17) is 0 Å². The third-order valence-electron chi connectivity index (χ3n) is 1.01. The maximum absolute atomic E-state index is 4.11. The van der Waals surface area contributed by atoms with Gasteiger partial charge in [0.25, 0.3) is 0 Å². The second-order valence-corrected chi connectivity index (χ2v) is 3.37. The molecule has 0 aliphatic carbocycles. The summed E-state index contributed by atoms with van der Waals surface area (Å²) in [7, 11) is 0. The van der Waals surface area contributed by atoms with Crippen LogP contribution in [0.2, 0.25) is 0 Å². The lowest BCUT2D eigenvalue weighted by Crippen LogP contribution is -1.78. The highest BCUT2D eigenvalue weighted by Crippen LogP contribution is 2.15. The van der Waals surface area contributed by atoms with E-state index in [1.165, 1.54) is 4.90 Å². The minimum Gasteiger partial charge on any atom is -0.265 e. The van der Waals surface area contributed by atoms with Crippen LogP contribution in [0.1, 0.15) is 0 Å². The van der Waals surface area contributed by atoms with Crippen molar-refractivity contribution in [3.63, 3.8) is 0 Å². The van der Waals surface area contributed by atoms with Crippen LogP contribution in [0.5, 0.6) is 0 Å². The molecule has 1 heterocycles. The summed E-state index contributed by atoms with van der Waals surface area (Å²) in [6, 6.07) is 4.02. The fraction of sp³-hybridized carbons (Fsp3) is 0.286. The summed E-state index contributed by atoms with van der Waals surface area (Å²) in [5.74, 6) is 1.99. The van der Waals surface area contributed by atoms with Crippen molar-refractivity contribution in [3.8, 4) is 0 Å². The molecule has 0 aliphatic heterocycles. The molecule has 0 atom stereocenters. The zero-order valence-corrected chi connectivity index (χ0v) is 7.24. The van der Waals surface area contributed by atoms with Crippen LogP contribution >= 0.6 is 24.4 Å². The Kier molecular flexibility index (Phi) is 3.68. The van der Waals surface area contributed by atoms with Crippen molar-refractivity contribution in [2.24, 2.45) is 0 Å². The smallest absolute Gasteiger partial charge is 0.0278 e. The van der Waals surface area contributed by atoms with Crippen LogP contribution in [0.15, 0.2) is 29.4 Å². The van der Waals surface area contributed by atoms with Crippen molar-refractivity contribution in [2.45, 2.75) is 4.90 Å². The third-order valence-corrected chi connectivity index (χ3v) is 2.55. The molecular weight excluding hydrogens is 162 g/mol. The molecule has 1 aromatic heterocycles. The topological polar surface area (TPSA) is 12.9 Å². The van der Waals surface area contributed by atoms with Gasteiger partial charge in [0.2, 0.25) is 0 Å². The van der Waals surface area contributed by atoms with Gasteiger partial charge in [-0.25, -0.2) is 0 Å². The van der Waals surface area contributed by atoms with Gasteiger partial charge in [-0.15, -0.1) is 11.8 Å². The minimum absolute atomic E-state index is 0.924. The Balaban J connectivity index is 2.43. The lowest BCUT2D eigenvalue weighted by atomic mass is 10.5. The molecule has 0 aromatic carbocycles. The van der Waals surface area contributed by atoms with E-state index in [1.54, 1.807) is 24.2 Å². The van der Waals surface area contributed by atoms with E-state index < -0.39 is 0 Å². The Hall–Kier alpha value is -0.150. The van der Waals surface area contributed by atoms with Crippen molar-refractivity contribution in [3.05, 3.63) is 24.5 Å². The monoisotopic (exact) mass is 171 g/mol. The zero-order valence-electron chi connectivity index (χ0n) is 5.53. The van der Waals surface area contributed by atoms with Crippen LogP contribution in [-0.4, -0.2) is 16.5 Å². The fourth-order valence-corrected chi connectivity index (χ4v) is 1.51. The highest BCUT2D eigenvalue weighted by atomic mass is 32.2. The molecule has 1 aromatic rings. The number of hydrogen-bond donors (Lipinski definition) is 1. The summed E-state index contributed by atoms with van der Waals surface area (Å²) < 4.78 is 0. The van der Waals surface area contributed by atoms with Crippen LogP contribution in [-0.2, 0) is 0 Å². The highest BCUT2D eigenvalue weighted by molar-refractivity contribution is 8.00. The van der Waals surface area contributed by atoms with Crippen molar-refractivity contribution in [1.82, 2.24) is 4.98 Å². The Morgan fingerprint density at radius 2 is 2.10 bits per heavy atom. The molecule has 54 valence electrons.